The van der Waals surface area contributed by atoms with E-state index in [1.165, 1.54) is 0 Å². The molecular weight excluding hydrogens is 456 g/mol. The molecule has 0 N–H and O–H groups in total. The van der Waals surface area contributed by atoms with Crippen molar-refractivity contribution < 1.29 is 9.47 Å². The van der Waals surface area contributed by atoms with E-state index in [0.29, 0.717) is 25.2 Å². The van der Waals surface area contributed by atoms with Crippen LogP contribution in [0.5, 0.6) is 0 Å². The van der Waals surface area contributed by atoms with Crippen molar-refractivity contribution in [1.29, 1.82) is 0 Å². The van der Waals surface area contributed by atoms with Gasteiger partial charge >= 0.3 is 0 Å². The molecular formula is C26H34N8O2. The normalized spacial score (nSPS) is 18.4. The maximum absolute atomic E-state index is 6.11. The third kappa shape index (κ3) is 3.50. The molecule has 1 aromatic carbocycles. The minimum atomic E-state index is -0.460. The first kappa shape index (κ1) is 23.3. The topological polar surface area (TPSA) is 86.4 Å². The third-order valence-corrected chi connectivity index (χ3v) is 7.59. The van der Waals surface area contributed by atoms with E-state index in [-0.39, 0.29) is 0 Å². The molecule has 2 aliphatic heterocycles. The molecule has 0 bridgehead atoms. The molecule has 0 radical (unpaired) electrons. The Balaban J connectivity index is 1.57. The number of nitrogens with zero attached hydrogens (tertiary/aromatic N) is 8. The molecule has 3 aromatic heterocycles. The van der Waals surface area contributed by atoms with Crippen LogP contribution in [0.4, 0.5) is 5.82 Å². The molecule has 36 heavy (non-hydrogen) atoms. The second-order valence-corrected chi connectivity index (χ2v) is 10.0. The van der Waals surface area contributed by atoms with Gasteiger partial charge in [0.05, 0.1) is 24.2 Å². The van der Waals surface area contributed by atoms with Gasteiger partial charge in [-0.1, -0.05) is 19.1 Å². The number of aryl methyl sites for hydroxylation is 2. The Morgan fingerprint density at radius 1 is 1.06 bits per heavy atom. The van der Waals surface area contributed by atoms with Crippen LogP contribution in [0.15, 0.2) is 24.3 Å². The van der Waals surface area contributed by atoms with Crippen molar-refractivity contribution in [2.24, 2.45) is 7.05 Å². The summed E-state index contributed by atoms with van der Waals surface area (Å²) in [6.45, 7) is 11.0. The maximum atomic E-state index is 6.11. The number of morpholine rings is 1. The number of rotatable bonds is 6. The number of ether oxygens (including phenoxy) is 2. The predicted octanol–water partition coefficient (Wildman–Crippen LogP) is 2.67. The van der Waals surface area contributed by atoms with Crippen molar-refractivity contribution >= 4 is 28.0 Å². The molecule has 5 heterocycles. The van der Waals surface area contributed by atoms with Gasteiger partial charge in [0, 0.05) is 52.8 Å². The van der Waals surface area contributed by atoms with Crippen LogP contribution in [-0.2, 0) is 28.5 Å². The van der Waals surface area contributed by atoms with Crippen molar-refractivity contribution in [2.75, 3.05) is 51.4 Å². The second-order valence-electron chi connectivity index (χ2n) is 10.0. The largest absolute Gasteiger partial charge is 0.378 e. The first-order chi connectivity index (χ1) is 17.5. The van der Waals surface area contributed by atoms with Crippen LogP contribution in [-0.4, -0.2) is 86.5 Å². The van der Waals surface area contributed by atoms with Crippen LogP contribution in [0.3, 0.4) is 0 Å². The fourth-order valence-corrected chi connectivity index (χ4v) is 5.41. The average molecular weight is 491 g/mol. The summed E-state index contributed by atoms with van der Waals surface area (Å²) in [5.41, 5.74) is 3.09. The van der Waals surface area contributed by atoms with Crippen molar-refractivity contribution in [2.45, 2.75) is 38.8 Å². The molecule has 0 spiro atoms. The molecule has 0 unspecified atom stereocenters. The SMILES string of the molecule is CCc1nc2ccccc2n1-c1nc(N2CCOCC2)c2nc(C3(OC)CN(C(C)C)C3)n(C)c2n1. The summed E-state index contributed by atoms with van der Waals surface area (Å²) in [6.07, 6.45) is 0.775. The number of aromatic nitrogens is 6. The molecule has 10 nitrogen and oxygen atoms in total. The summed E-state index contributed by atoms with van der Waals surface area (Å²) in [4.78, 5) is 24.9. The highest BCUT2D eigenvalue weighted by molar-refractivity contribution is 5.86. The molecule has 0 saturated carbocycles. The quantitative estimate of drug-likeness (QED) is 0.408. The zero-order valence-corrected chi connectivity index (χ0v) is 21.7. The summed E-state index contributed by atoms with van der Waals surface area (Å²) < 4.78 is 15.9. The van der Waals surface area contributed by atoms with E-state index in [1.807, 2.05) is 25.2 Å². The van der Waals surface area contributed by atoms with Crippen molar-refractivity contribution in [1.82, 2.24) is 34.0 Å². The summed E-state index contributed by atoms with van der Waals surface area (Å²) in [5, 5.41) is 0. The van der Waals surface area contributed by atoms with Crippen LogP contribution in [0.2, 0.25) is 0 Å². The number of likely N-dealkylation sites (tertiary alicyclic amines) is 1. The smallest absolute Gasteiger partial charge is 0.239 e. The van der Waals surface area contributed by atoms with E-state index in [1.54, 1.807) is 7.11 Å². The van der Waals surface area contributed by atoms with E-state index < -0.39 is 5.60 Å². The highest BCUT2D eigenvalue weighted by atomic mass is 16.5. The minimum Gasteiger partial charge on any atom is -0.378 e. The number of hydrogen-bond donors (Lipinski definition) is 0. The number of fused-ring (bicyclic) bond motifs is 2. The van der Waals surface area contributed by atoms with E-state index >= 15 is 0 Å². The summed E-state index contributed by atoms with van der Waals surface area (Å²) in [6, 6.07) is 8.61. The van der Waals surface area contributed by atoms with Gasteiger partial charge in [0.25, 0.3) is 0 Å². The van der Waals surface area contributed by atoms with E-state index in [4.69, 9.17) is 29.4 Å². The molecule has 2 aliphatic rings. The molecule has 6 rings (SSSR count). The second kappa shape index (κ2) is 8.79. The monoisotopic (exact) mass is 490 g/mol. The van der Waals surface area contributed by atoms with Crippen LogP contribution in [0, 0.1) is 0 Å². The van der Waals surface area contributed by atoms with Gasteiger partial charge in [-0.05, 0) is 26.0 Å². The van der Waals surface area contributed by atoms with Gasteiger partial charge in [0.1, 0.15) is 11.6 Å². The Kier molecular flexibility index (Phi) is 5.70. The lowest BCUT2D eigenvalue weighted by Gasteiger charge is -2.50. The Morgan fingerprint density at radius 2 is 1.81 bits per heavy atom. The van der Waals surface area contributed by atoms with Gasteiger partial charge in [-0.3, -0.25) is 9.47 Å². The zero-order chi connectivity index (χ0) is 25.0. The molecule has 190 valence electrons. The highest BCUT2D eigenvalue weighted by Gasteiger charge is 2.49. The summed E-state index contributed by atoms with van der Waals surface area (Å²) >= 11 is 0. The van der Waals surface area contributed by atoms with Crippen LogP contribution < -0.4 is 4.90 Å². The Labute approximate surface area is 210 Å². The molecule has 0 aliphatic carbocycles. The van der Waals surface area contributed by atoms with Gasteiger partial charge in [-0.15, -0.1) is 0 Å². The number of anilines is 1. The van der Waals surface area contributed by atoms with E-state index in [2.05, 4.69) is 45.8 Å². The lowest BCUT2D eigenvalue weighted by molar-refractivity contribution is -0.147. The van der Waals surface area contributed by atoms with Gasteiger partial charge in [0.15, 0.2) is 22.6 Å². The number of para-hydroxylation sites is 2. The Hall–Kier alpha value is -3.08. The fraction of sp³-hybridized carbons (Fsp3) is 0.538. The van der Waals surface area contributed by atoms with E-state index in [0.717, 1.165) is 72.3 Å². The standard InChI is InChI=1S/C26H34N8O2/c1-6-20-27-18-9-7-8-10-19(18)34(20)25-29-22-21(23(30-25)32-11-13-36-14-12-32)28-24(31(22)4)26(35-5)15-33(16-26)17(2)3/h7-10,17H,6,11-16H2,1-5H3. The van der Waals surface area contributed by atoms with Gasteiger partial charge < -0.3 is 18.9 Å². The summed E-state index contributed by atoms with van der Waals surface area (Å²) in [5.74, 6) is 3.29. The molecule has 0 amide bonds. The lowest BCUT2D eigenvalue weighted by Crippen LogP contribution is -2.63. The van der Waals surface area contributed by atoms with Crippen LogP contribution >= 0.6 is 0 Å². The van der Waals surface area contributed by atoms with Gasteiger partial charge in [0.2, 0.25) is 5.95 Å². The van der Waals surface area contributed by atoms with Gasteiger partial charge in [-0.2, -0.15) is 9.97 Å². The first-order valence-electron chi connectivity index (χ1n) is 12.8. The van der Waals surface area contributed by atoms with Crippen LogP contribution in [0.25, 0.3) is 28.1 Å². The molecule has 2 fully saturated rings. The number of hydrogen-bond acceptors (Lipinski definition) is 8. The first-order valence-corrected chi connectivity index (χ1v) is 12.8. The molecule has 0 atom stereocenters. The molecule has 4 aromatic rings. The number of methoxy groups -OCH3 is 1. The Bertz CT molecular complexity index is 1410. The van der Waals surface area contributed by atoms with Crippen molar-refractivity contribution in [3.63, 3.8) is 0 Å². The van der Waals surface area contributed by atoms with Gasteiger partial charge in [-0.25, -0.2) is 9.97 Å². The lowest BCUT2D eigenvalue weighted by atomic mass is 9.91. The molecule has 2 saturated heterocycles. The fourth-order valence-electron chi connectivity index (χ4n) is 5.41. The number of benzene rings is 1. The number of imidazole rings is 2. The third-order valence-electron chi connectivity index (χ3n) is 7.59. The maximum Gasteiger partial charge on any atom is 0.239 e. The predicted molar refractivity (Wildman–Crippen MR) is 139 cm³/mol. The summed E-state index contributed by atoms with van der Waals surface area (Å²) in [7, 11) is 3.82. The Morgan fingerprint density at radius 3 is 2.50 bits per heavy atom. The molecule has 10 heteroatoms. The van der Waals surface area contributed by atoms with E-state index in [9.17, 15) is 0 Å². The van der Waals surface area contributed by atoms with Crippen molar-refractivity contribution in [3.05, 3.63) is 35.9 Å². The average Bonchev–Trinajstić information content (AvgIpc) is 3.42. The van der Waals surface area contributed by atoms with Crippen LogP contribution in [0.1, 0.15) is 32.4 Å². The zero-order valence-electron chi connectivity index (χ0n) is 21.7. The minimum absolute atomic E-state index is 0.459. The highest BCUT2D eigenvalue weighted by Crippen LogP contribution is 2.38. The van der Waals surface area contributed by atoms with Crippen molar-refractivity contribution in [3.8, 4) is 5.95 Å².